The number of alkyl halides is 1. The molecule has 14 heavy (non-hydrogen) atoms. The normalized spacial score (nSPS) is 45.0. The largest absolute Gasteiger partial charge is 0.378 e. The molecule has 4 atom stereocenters. The Kier molecular flexibility index (Phi) is 3.73. The lowest BCUT2D eigenvalue weighted by Gasteiger charge is -2.36. The van der Waals surface area contributed by atoms with Crippen LogP contribution in [-0.4, -0.2) is 18.1 Å². The van der Waals surface area contributed by atoms with Gasteiger partial charge in [0.25, 0.3) is 0 Å². The van der Waals surface area contributed by atoms with Crippen molar-refractivity contribution in [2.24, 2.45) is 11.8 Å². The zero-order valence-corrected chi connectivity index (χ0v) is 9.80. The molecule has 0 aromatic rings. The first kappa shape index (κ1) is 10.8. The summed E-state index contributed by atoms with van der Waals surface area (Å²) in [5, 5.41) is 0.367. The van der Waals surface area contributed by atoms with Crippen LogP contribution in [0.15, 0.2) is 0 Å². The highest BCUT2D eigenvalue weighted by atomic mass is 35.5. The van der Waals surface area contributed by atoms with Gasteiger partial charge in [0.1, 0.15) is 0 Å². The first-order valence-electron chi connectivity index (χ1n) is 6.01. The van der Waals surface area contributed by atoms with E-state index in [9.17, 15) is 0 Å². The van der Waals surface area contributed by atoms with Crippen molar-refractivity contribution in [2.75, 3.05) is 6.61 Å². The topological polar surface area (TPSA) is 9.23 Å². The van der Waals surface area contributed by atoms with Crippen LogP contribution < -0.4 is 0 Å². The molecule has 1 nitrogen and oxygen atoms in total. The predicted molar refractivity (Wildman–Crippen MR) is 59.7 cm³/mol. The van der Waals surface area contributed by atoms with E-state index in [4.69, 9.17) is 16.3 Å². The van der Waals surface area contributed by atoms with Gasteiger partial charge in [-0.3, -0.25) is 0 Å². The monoisotopic (exact) mass is 216 g/mol. The third kappa shape index (κ3) is 2.64. The number of hydrogen-bond acceptors (Lipinski definition) is 1. The van der Waals surface area contributed by atoms with Crippen molar-refractivity contribution in [3.8, 4) is 0 Å². The van der Waals surface area contributed by atoms with Gasteiger partial charge in [-0.15, -0.1) is 11.6 Å². The first-order chi connectivity index (χ1) is 6.75. The molecule has 0 aromatic heterocycles. The van der Waals surface area contributed by atoms with E-state index in [0.29, 0.717) is 11.5 Å². The average molecular weight is 217 g/mol. The maximum atomic E-state index is 6.19. The number of halogens is 1. The fourth-order valence-corrected chi connectivity index (χ4v) is 3.20. The molecular formula is C12H21ClO. The highest BCUT2D eigenvalue weighted by Gasteiger charge is 2.31. The van der Waals surface area contributed by atoms with Gasteiger partial charge < -0.3 is 4.74 Å². The van der Waals surface area contributed by atoms with E-state index in [1.165, 1.54) is 25.7 Å². The van der Waals surface area contributed by atoms with E-state index in [2.05, 4.69) is 6.92 Å². The van der Waals surface area contributed by atoms with E-state index in [1.807, 2.05) is 0 Å². The molecule has 0 radical (unpaired) electrons. The molecule has 0 spiro atoms. The van der Waals surface area contributed by atoms with Crippen LogP contribution in [0.1, 0.15) is 45.4 Å². The summed E-state index contributed by atoms with van der Waals surface area (Å²) in [5.41, 5.74) is 0. The SMILES string of the molecule is CC1CCCC(C2CC(Cl)CCO2)C1. The Bertz CT molecular complexity index is 163. The highest BCUT2D eigenvalue weighted by molar-refractivity contribution is 6.20. The van der Waals surface area contributed by atoms with Gasteiger partial charge >= 0.3 is 0 Å². The Labute approximate surface area is 92.2 Å². The van der Waals surface area contributed by atoms with Crippen molar-refractivity contribution in [3.63, 3.8) is 0 Å². The third-order valence-corrected chi connectivity index (χ3v) is 4.15. The van der Waals surface area contributed by atoms with Crippen LogP contribution in [0.25, 0.3) is 0 Å². The number of hydrogen-bond donors (Lipinski definition) is 0. The maximum Gasteiger partial charge on any atom is 0.0617 e. The van der Waals surface area contributed by atoms with Crippen LogP contribution in [0.3, 0.4) is 0 Å². The van der Waals surface area contributed by atoms with Gasteiger partial charge in [-0.25, -0.2) is 0 Å². The van der Waals surface area contributed by atoms with Crippen LogP contribution in [0.2, 0.25) is 0 Å². The molecule has 1 saturated heterocycles. The molecule has 1 aliphatic carbocycles. The average Bonchev–Trinajstić information content (AvgIpc) is 2.18. The second-order valence-electron chi connectivity index (χ2n) is 5.06. The Balaban J connectivity index is 1.86. The Hall–Kier alpha value is 0.250. The number of ether oxygens (including phenoxy) is 1. The quantitative estimate of drug-likeness (QED) is 0.609. The third-order valence-electron chi connectivity index (χ3n) is 3.75. The smallest absolute Gasteiger partial charge is 0.0617 e. The molecule has 1 saturated carbocycles. The molecule has 0 N–H and O–H groups in total. The summed E-state index contributed by atoms with van der Waals surface area (Å²) >= 11 is 6.19. The second kappa shape index (κ2) is 4.85. The van der Waals surface area contributed by atoms with E-state index >= 15 is 0 Å². The van der Waals surface area contributed by atoms with Gasteiger partial charge in [-0.05, 0) is 37.5 Å². The van der Waals surface area contributed by atoms with Crippen molar-refractivity contribution in [1.29, 1.82) is 0 Å². The van der Waals surface area contributed by atoms with Crippen molar-refractivity contribution in [2.45, 2.75) is 56.9 Å². The van der Waals surface area contributed by atoms with E-state index in [-0.39, 0.29) is 0 Å². The maximum absolute atomic E-state index is 6.19. The van der Waals surface area contributed by atoms with Crippen molar-refractivity contribution < 1.29 is 4.74 Å². The summed E-state index contributed by atoms with van der Waals surface area (Å²) in [7, 11) is 0. The van der Waals surface area contributed by atoms with E-state index < -0.39 is 0 Å². The molecular weight excluding hydrogens is 196 g/mol. The summed E-state index contributed by atoms with van der Waals surface area (Å²) in [6.07, 6.45) is 8.10. The number of rotatable bonds is 1. The standard InChI is InChI=1S/C12H21ClO/c1-9-3-2-4-10(7-9)12-8-11(13)5-6-14-12/h9-12H,2-8H2,1H3. The lowest BCUT2D eigenvalue weighted by molar-refractivity contribution is -0.0338. The van der Waals surface area contributed by atoms with Crippen LogP contribution in [-0.2, 0) is 4.74 Å². The Morgan fingerprint density at radius 3 is 2.71 bits per heavy atom. The second-order valence-corrected chi connectivity index (χ2v) is 5.68. The molecule has 0 aromatic carbocycles. The summed E-state index contributed by atoms with van der Waals surface area (Å²) in [6.45, 7) is 3.25. The Morgan fingerprint density at radius 2 is 2.00 bits per heavy atom. The molecule has 4 unspecified atom stereocenters. The van der Waals surface area contributed by atoms with Crippen LogP contribution >= 0.6 is 11.6 Å². The van der Waals surface area contributed by atoms with Crippen LogP contribution in [0, 0.1) is 11.8 Å². The van der Waals surface area contributed by atoms with Crippen molar-refractivity contribution in [3.05, 3.63) is 0 Å². The van der Waals surface area contributed by atoms with Gasteiger partial charge in [0.15, 0.2) is 0 Å². The highest BCUT2D eigenvalue weighted by Crippen LogP contribution is 2.35. The summed E-state index contributed by atoms with van der Waals surface area (Å²) < 4.78 is 5.85. The molecule has 0 bridgehead atoms. The minimum atomic E-state index is 0.367. The van der Waals surface area contributed by atoms with Gasteiger partial charge in [0, 0.05) is 12.0 Å². The summed E-state index contributed by atoms with van der Waals surface area (Å²) in [5.74, 6) is 1.69. The zero-order valence-electron chi connectivity index (χ0n) is 9.05. The molecule has 2 rings (SSSR count). The molecule has 2 aliphatic rings. The summed E-state index contributed by atoms with van der Waals surface area (Å²) in [4.78, 5) is 0. The minimum absolute atomic E-state index is 0.367. The van der Waals surface area contributed by atoms with Crippen LogP contribution in [0.5, 0.6) is 0 Å². The first-order valence-corrected chi connectivity index (χ1v) is 6.45. The molecule has 82 valence electrons. The fourth-order valence-electron chi connectivity index (χ4n) is 2.93. The predicted octanol–water partition coefficient (Wildman–Crippen LogP) is 3.60. The Morgan fingerprint density at radius 1 is 1.14 bits per heavy atom. The lowest BCUT2D eigenvalue weighted by atomic mass is 9.78. The van der Waals surface area contributed by atoms with Crippen molar-refractivity contribution >= 4 is 11.6 Å². The molecule has 2 heteroatoms. The van der Waals surface area contributed by atoms with Gasteiger partial charge in [-0.2, -0.15) is 0 Å². The van der Waals surface area contributed by atoms with Crippen molar-refractivity contribution in [1.82, 2.24) is 0 Å². The van der Waals surface area contributed by atoms with E-state index in [1.54, 1.807) is 0 Å². The van der Waals surface area contributed by atoms with Crippen LogP contribution in [0.4, 0.5) is 0 Å². The lowest BCUT2D eigenvalue weighted by Crippen LogP contribution is -2.34. The molecule has 1 heterocycles. The molecule has 1 aliphatic heterocycles. The molecule has 0 amide bonds. The van der Waals surface area contributed by atoms with Gasteiger partial charge in [0.2, 0.25) is 0 Å². The summed E-state index contributed by atoms with van der Waals surface area (Å²) in [6, 6.07) is 0. The van der Waals surface area contributed by atoms with Gasteiger partial charge in [-0.1, -0.05) is 19.8 Å². The van der Waals surface area contributed by atoms with Gasteiger partial charge in [0.05, 0.1) is 6.10 Å². The molecule has 2 fully saturated rings. The minimum Gasteiger partial charge on any atom is -0.378 e. The zero-order chi connectivity index (χ0) is 9.97. The van der Waals surface area contributed by atoms with E-state index in [0.717, 1.165) is 31.3 Å². The fraction of sp³-hybridized carbons (Fsp3) is 1.00.